The van der Waals surface area contributed by atoms with Gasteiger partial charge in [0.2, 0.25) is 0 Å². The first-order valence-corrected chi connectivity index (χ1v) is 6.39. The summed E-state index contributed by atoms with van der Waals surface area (Å²) in [6.07, 6.45) is 8.55. The van der Waals surface area contributed by atoms with Crippen molar-refractivity contribution in [2.75, 3.05) is 7.05 Å². The van der Waals surface area contributed by atoms with Crippen molar-refractivity contribution in [3.63, 3.8) is 0 Å². The first-order valence-electron chi connectivity index (χ1n) is 6.39. The van der Waals surface area contributed by atoms with Crippen LogP contribution in [-0.2, 0) is 19.5 Å². The number of nitrogens with zero attached hydrogens (tertiary/aromatic N) is 4. The van der Waals surface area contributed by atoms with Crippen LogP contribution in [0, 0.1) is 0 Å². The zero-order valence-corrected chi connectivity index (χ0v) is 11.3. The topological polar surface area (TPSA) is 49.7 Å². The second-order valence-corrected chi connectivity index (χ2v) is 4.65. The zero-order valence-electron chi connectivity index (χ0n) is 11.3. The lowest BCUT2D eigenvalue weighted by Gasteiger charge is -2.24. The fourth-order valence-corrected chi connectivity index (χ4v) is 2.02. The lowest BCUT2D eigenvalue weighted by molar-refractivity contribution is 0.221. The van der Waals surface area contributed by atoms with E-state index in [0.717, 1.165) is 31.2 Å². The van der Waals surface area contributed by atoms with E-state index < -0.39 is 0 Å². The van der Waals surface area contributed by atoms with E-state index in [1.54, 1.807) is 6.20 Å². The molecule has 0 spiro atoms. The van der Waals surface area contributed by atoms with Gasteiger partial charge in [0.05, 0.1) is 6.54 Å². The molecule has 2 heterocycles. The maximum absolute atomic E-state index is 4.35. The summed E-state index contributed by atoms with van der Waals surface area (Å²) in [4.78, 5) is 14.0. The monoisotopic (exact) mass is 247 g/mol. The summed E-state index contributed by atoms with van der Waals surface area (Å²) in [5.74, 6) is 2.15. The molecule has 1 unspecified atom stereocenters. The average Bonchev–Trinajstić information content (AvgIpc) is 2.99. The number of H-pyrrole nitrogens is 1. The van der Waals surface area contributed by atoms with Gasteiger partial charge in [-0.05, 0) is 14.0 Å². The van der Waals surface area contributed by atoms with Crippen molar-refractivity contribution in [3.8, 4) is 0 Å². The van der Waals surface area contributed by atoms with Crippen molar-refractivity contribution >= 4 is 0 Å². The van der Waals surface area contributed by atoms with Crippen LogP contribution in [0.4, 0.5) is 0 Å². The van der Waals surface area contributed by atoms with Gasteiger partial charge in [0.1, 0.15) is 11.6 Å². The van der Waals surface area contributed by atoms with Gasteiger partial charge < -0.3 is 9.55 Å². The minimum atomic E-state index is 0.439. The Bertz CT molecular complexity index is 459. The van der Waals surface area contributed by atoms with Gasteiger partial charge in [-0.15, -0.1) is 0 Å². The third-order valence-corrected chi connectivity index (χ3v) is 3.29. The molecule has 0 aromatic carbocycles. The Hall–Kier alpha value is -1.62. The molecule has 0 bridgehead atoms. The lowest BCUT2D eigenvalue weighted by atomic mass is 10.3. The minimum absolute atomic E-state index is 0.439. The van der Waals surface area contributed by atoms with Crippen LogP contribution < -0.4 is 0 Å². The predicted molar refractivity (Wildman–Crippen MR) is 71.1 cm³/mol. The molecule has 18 heavy (non-hydrogen) atoms. The van der Waals surface area contributed by atoms with Crippen LogP contribution in [0.15, 0.2) is 24.8 Å². The fraction of sp³-hybridized carbons (Fsp3) is 0.538. The van der Waals surface area contributed by atoms with Gasteiger partial charge in [0.25, 0.3) is 0 Å². The number of aromatic nitrogens is 4. The van der Waals surface area contributed by atoms with Gasteiger partial charge >= 0.3 is 0 Å². The standard InChI is InChI=1S/C13H21N5/c1-4-13-16-7-8-18(13)9-11(2)17(3)10-12-14-5-6-15-12/h5-8,11H,4,9-10H2,1-3H3,(H,14,15). The maximum Gasteiger partial charge on any atom is 0.120 e. The fourth-order valence-electron chi connectivity index (χ4n) is 2.02. The Labute approximate surface area is 108 Å². The van der Waals surface area contributed by atoms with Gasteiger partial charge in [-0.25, -0.2) is 9.97 Å². The molecule has 5 nitrogen and oxygen atoms in total. The van der Waals surface area contributed by atoms with Crippen molar-refractivity contribution < 1.29 is 0 Å². The van der Waals surface area contributed by atoms with Gasteiger partial charge in [-0.3, -0.25) is 4.90 Å². The molecule has 2 aromatic rings. The summed E-state index contributed by atoms with van der Waals surface area (Å²) in [5.41, 5.74) is 0. The van der Waals surface area contributed by atoms with E-state index in [0.29, 0.717) is 6.04 Å². The molecule has 1 N–H and O–H groups in total. The van der Waals surface area contributed by atoms with E-state index in [2.05, 4.69) is 51.5 Å². The molecule has 0 aliphatic carbocycles. The van der Waals surface area contributed by atoms with Crippen LogP contribution in [0.5, 0.6) is 0 Å². The number of likely N-dealkylation sites (N-methyl/N-ethyl adjacent to an activating group) is 1. The Balaban J connectivity index is 1.93. The van der Waals surface area contributed by atoms with Gasteiger partial charge in [0, 0.05) is 43.8 Å². The highest BCUT2D eigenvalue weighted by Crippen LogP contribution is 2.07. The molecule has 0 radical (unpaired) electrons. The molecule has 98 valence electrons. The Morgan fingerprint density at radius 1 is 1.39 bits per heavy atom. The minimum Gasteiger partial charge on any atom is -0.348 e. The zero-order chi connectivity index (χ0) is 13.0. The Morgan fingerprint density at radius 3 is 2.89 bits per heavy atom. The van der Waals surface area contributed by atoms with E-state index in [9.17, 15) is 0 Å². The molecule has 0 aliphatic rings. The highest BCUT2D eigenvalue weighted by Gasteiger charge is 2.12. The molecule has 0 amide bonds. The molecule has 0 saturated heterocycles. The summed E-state index contributed by atoms with van der Waals surface area (Å²) >= 11 is 0. The molecule has 0 aliphatic heterocycles. The third kappa shape index (κ3) is 2.98. The van der Waals surface area contributed by atoms with E-state index >= 15 is 0 Å². The Kier molecular flexibility index (Phi) is 4.15. The van der Waals surface area contributed by atoms with E-state index in [-0.39, 0.29) is 0 Å². The number of imidazole rings is 2. The third-order valence-electron chi connectivity index (χ3n) is 3.29. The van der Waals surface area contributed by atoms with Gasteiger partial charge in [-0.2, -0.15) is 0 Å². The van der Waals surface area contributed by atoms with Crippen molar-refractivity contribution in [1.29, 1.82) is 0 Å². The first-order chi connectivity index (χ1) is 8.70. The summed E-state index contributed by atoms with van der Waals surface area (Å²) in [6, 6.07) is 0.439. The maximum atomic E-state index is 4.35. The second-order valence-electron chi connectivity index (χ2n) is 4.65. The van der Waals surface area contributed by atoms with E-state index in [1.807, 2.05) is 12.4 Å². The van der Waals surface area contributed by atoms with Gasteiger partial charge in [0.15, 0.2) is 0 Å². The summed E-state index contributed by atoms with van der Waals surface area (Å²) in [5, 5.41) is 0. The van der Waals surface area contributed by atoms with Crippen LogP contribution >= 0.6 is 0 Å². The largest absolute Gasteiger partial charge is 0.348 e. The highest BCUT2D eigenvalue weighted by molar-refractivity contribution is 4.93. The van der Waals surface area contributed by atoms with Crippen LogP contribution in [0.25, 0.3) is 0 Å². The number of aromatic amines is 1. The Morgan fingerprint density at radius 2 is 2.22 bits per heavy atom. The van der Waals surface area contributed by atoms with Crippen LogP contribution in [-0.4, -0.2) is 37.5 Å². The van der Waals surface area contributed by atoms with Crippen LogP contribution in [0.2, 0.25) is 0 Å². The SMILES string of the molecule is CCc1nccn1CC(C)N(C)Cc1ncc[nH]1. The summed E-state index contributed by atoms with van der Waals surface area (Å²) in [7, 11) is 2.12. The number of hydrogen-bond donors (Lipinski definition) is 1. The molecule has 5 heteroatoms. The summed E-state index contributed by atoms with van der Waals surface area (Å²) < 4.78 is 2.23. The van der Waals surface area contributed by atoms with Crippen molar-refractivity contribution in [3.05, 3.63) is 36.4 Å². The normalized spacial score (nSPS) is 13.1. The molecule has 0 fully saturated rings. The van der Waals surface area contributed by atoms with Crippen molar-refractivity contribution in [2.24, 2.45) is 0 Å². The molecule has 2 aromatic heterocycles. The summed E-state index contributed by atoms with van der Waals surface area (Å²) in [6.45, 7) is 6.16. The molecule has 1 atom stereocenters. The second kappa shape index (κ2) is 5.82. The predicted octanol–water partition coefficient (Wildman–Crippen LogP) is 1.69. The molecular weight excluding hydrogens is 226 g/mol. The number of nitrogens with one attached hydrogen (secondary N) is 1. The lowest BCUT2D eigenvalue weighted by Crippen LogP contribution is -2.33. The van der Waals surface area contributed by atoms with Crippen LogP contribution in [0.3, 0.4) is 0 Å². The van der Waals surface area contributed by atoms with E-state index in [4.69, 9.17) is 0 Å². The molecular formula is C13H21N5. The number of rotatable bonds is 6. The highest BCUT2D eigenvalue weighted by atomic mass is 15.2. The average molecular weight is 247 g/mol. The van der Waals surface area contributed by atoms with Crippen molar-refractivity contribution in [1.82, 2.24) is 24.4 Å². The first kappa shape index (κ1) is 12.8. The number of aryl methyl sites for hydroxylation is 1. The van der Waals surface area contributed by atoms with Crippen LogP contribution in [0.1, 0.15) is 25.5 Å². The number of hydrogen-bond acceptors (Lipinski definition) is 3. The smallest absolute Gasteiger partial charge is 0.120 e. The molecule has 2 rings (SSSR count). The quantitative estimate of drug-likeness (QED) is 0.845. The van der Waals surface area contributed by atoms with Gasteiger partial charge in [-0.1, -0.05) is 6.92 Å². The van der Waals surface area contributed by atoms with Crippen molar-refractivity contribution in [2.45, 2.75) is 39.4 Å². The van der Waals surface area contributed by atoms with E-state index in [1.165, 1.54) is 0 Å². The molecule has 0 saturated carbocycles.